The van der Waals surface area contributed by atoms with Gasteiger partial charge in [0, 0.05) is 45.7 Å². The van der Waals surface area contributed by atoms with E-state index in [9.17, 15) is 9.59 Å². The lowest BCUT2D eigenvalue weighted by Crippen LogP contribution is -2.52. The summed E-state index contributed by atoms with van der Waals surface area (Å²) in [5, 5.41) is 0. The zero-order chi connectivity index (χ0) is 18.8. The van der Waals surface area contributed by atoms with Crippen LogP contribution in [-0.2, 0) is 16.0 Å². The van der Waals surface area contributed by atoms with Crippen molar-refractivity contribution >= 4 is 11.8 Å². The van der Waals surface area contributed by atoms with Crippen molar-refractivity contribution in [2.45, 2.75) is 57.5 Å². The molecule has 1 aromatic carbocycles. The zero-order valence-electron chi connectivity index (χ0n) is 16.4. The van der Waals surface area contributed by atoms with Gasteiger partial charge < -0.3 is 9.80 Å². The number of carbonyl (C=O) groups is 2. The van der Waals surface area contributed by atoms with Gasteiger partial charge in [-0.3, -0.25) is 14.5 Å². The van der Waals surface area contributed by atoms with Crippen LogP contribution < -0.4 is 0 Å². The third-order valence-electron chi connectivity index (χ3n) is 6.69. The number of fused-ring (bicyclic) bond motifs is 1. The number of piperazine rings is 1. The fourth-order valence-corrected chi connectivity index (χ4v) is 5.15. The number of hydrogen-bond donors (Lipinski definition) is 0. The van der Waals surface area contributed by atoms with Crippen LogP contribution in [0.25, 0.3) is 0 Å². The molecule has 2 heterocycles. The Labute approximate surface area is 162 Å². The maximum absolute atomic E-state index is 13.0. The average molecular weight is 370 g/mol. The number of benzene rings is 1. The SMILES string of the molecule is CC(=O)N1CCc2ccccc2C1CC(=O)N1CCN(C2CCCC2)CC1. The summed E-state index contributed by atoms with van der Waals surface area (Å²) in [5.74, 6) is 0.252. The van der Waals surface area contributed by atoms with Crippen molar-refractivity contribution in [3.05, 3.63) is 35.4 Å². The summed E-state index contributed by atoms with van der Waals surface area (Å²) in [6, 6.07) is 8.89. The Bertz CT molecular complexity index is 691. The highest BCUT2D eigenvalue weighted by molar-refractivity contribution is 5.80. The maximum Gasteiger partial charge on any atom is 0.225 e. The predicted octanol–water partition coefficient (Wildman–Crippen LogP) is 2.61. The zero-order valence-corrected chi connectivity index (χ0v) is 16.4. The smallest absolute Gasteiger partial charge is 0.225 e. The minimum absolute atomic E-state index is 0.0633. The topological polar surface area (TPSA) is 43.9 Å². The van der Waals surface area contributed by atoms with Gasteiger partial charge in [-0.05, 0) is 30.4 Å². The third kappa shape index (κ3) is 3.88. The van der Waals surface area contributed by atoms with E-state index >= 15 is 0 Å². The Kier molecular flexibility index (Phi) is 5.48. The van der Waals surface area contributed by atoms with Gasteiger partial charge in [0.1, 0.15) is 0 Å². The Balaban J connectivity index is 1.41. The van der Waals surface area contributed by atoms with Gasteiger partial charge in [0.15, 0.2) is 0 Å². The lowest BCUT2D eigenvalue weighted by molar-refractivity contribution is -0.138. The Morgan fingerprint density at radius 1 is 1.00 bits per heavy atom. The molecule has 1 saturated carbocycles. The summed E-state index contributed by atoms with van der Waals surface area (Å²) in [5.41, 5.74) is 2.43. The molecular weight excluding hydrogens is 338 g/mol. The number of hydrogen-bond acceptors (Lipinski definition) is 3. The fourth-order valence-electron chi connectivity index (χ4n) is 5.15. The highest BCUT2D eigenvalue weighted by Crippen LogP contribution is 2.33. The van der Waals surface area contributed by atoms with E-state index in [-0.39, 0.29) is 17.9 Å². The first-order valence-corrected chi connectivity index (χ1v) is 10.5. The fraction of sp³-hybridized carbons (Fsp3) is 0.636. The van der Waals surface area contributed by atoms with Crippen LogP contribution in [0, 0.1) is 0 Å². The van der Waals surface area contributed by atoms with Gasteiger partial charge in [-0.25, -0.2) is 0 Å². The van der Waals surface area contributed by atoms with E-state index in [4.69, 9.17) is 0 Å². The van der Waals surface area contributed by atoms with E-state index < -0.39 is 0 Å². The highest BCUT2D eigenvalue weighted by Gasteiger charge is 2.33. The third-order valence-corrected chi connectivity index (χ3v) is 6.69. The van der Waals surface area contributed by atoms with Crippen LogP contribution in [0.4, 0.5) is 0 Å². The van der Waals surface area contributed by atoms with Gasteiger partial charge in [-0.1, -0.05) is 37.1 Å². The second-order valence-corrected chi connectivity index (χ2v) is 8.24. The molecule has 0 aromatic heterocycles. The molecule has 0 radical (unpaired) electrons. The molecule has 1 atom stereocenters. The minimum atomic E-state index is -0.118. The molecule has 146 valence electrons. The summed E-state index contributed by atoms with van der Waals surface area (Å²) >= 11 is 0. The van der Waals surface area contributed by atoms with Crippen LogP contribution in [0.5, 0.6) is 0 Å². The molecule has 1 aromatic rings. The molecule has 1 aliphatic carbocycles. The Morgan fingerprint density at radius 3 is 2.41 bits per heavy atom. The van der Waals surface area contributed by atoms with E-state index in [0.29, 0.717) is 13.0 Å². The van der Waals surface area contributed by atoms with Gasteiger partial charge in [0.25, 0.3) is 0 Å². The quantitative estimate of drug-likeness (QED) is 0.823. The molecule has 3 aliphatic rings. The normalized spacial score (nSPS) is 24.1. The minimum Gasteiger partial charge on any atom is -0.340 e. The standard InChI is InChI=1S/C22H31N3O2/c1-17(26)25-11-10-18-6-2-5-9-20(18)21(25)16-22(27)24-14-12-23(13-15-24)19-7-3-4-8-19/h2,5-6,9,19,21H,3-4,7-8,10-16H2,1H3. The molecule has 2 amide bonds. The van der Waals surface area contributed by atoms with Crippen molar-refractivity contribution < 1.29 is 9.59 Å². The van der Waals surface area contributed by atoms with Crippen LogP contribution in [-0.4, -0.2) is 65.3 Å². The van der Waals surface area contributed by atoms with Crippen molar-refractivity contribution in [1.29, 1.82) is 0 Å². The molecule has 4 rings (SSSR count). The van der Waals surface area contributed by atoms with Crippen molar-refractivity contribution in [2.24, 2.45) is 0 Å². The van der Waals surface area contributed by atoms with Crippen molar-refractivity contribution in [1.82, 2.24) is 14.7 Å². The summed E-state index contributed by atoms with van der Waals surface area (Å²) in [7, 11) is 0. The van der Waals surface area contributed by atoms with E-state index in [2.05, 4.69) is 17.0 Å². The van der Waals surface area contributed by atoms with Crippen LogP contribution in [0.1, 0.15) is 56.2 Å². The van der Waals surface area contributed by atoms with Crippen LogP contribution in [0.15, 0.2) is 24.3 Å². The van der Waals surface area contributed by atoms with Gasteiger partial charge >= 0.3 is 0 Å². The highest BCUT2D eigenvalue weighted by atomic mass is 16.2. The molecule has 1 unspecified atom stereocenters. The van der Waals surface area contributed by atoms with Gasteiger partial charge in [0.2, 0.25) is 11.8 Å². The molecule has 0 spiro atoms. The average Bonchev–Trinajstić information content (AvgIpc) is 3.23. The molecular formula is C22H31N3O2. The molecule has 2 aliphatic heterocycles. The second kappa shape index (κ2) is 8.01. The van der Waals surface area contributed by atoms with E-state index in [1.54, 1.807) is 6.92 Å². The van der Waals surface area contributed by atoms with Gasteiger partial charge in [0.05, 0.1) is 12.5 Å². The number of carbonyl (C=O) groups excluding carboxylic acids is 2. The van der Waals surface area contributed by atoms with Gasteiger partial charge in [-0.2, -0.15) is 0 Å². The van der Waals surface area contributed by atoms with Crippen molar-refractivity contribution in [3.8, 4) is 0 Å². The molecule has 5 nitrogen and oxygen atoms in total. The predicted molar refractivity (Wildman–Crippen MR) is 105 cm³/mol. The van der Waals surface area contributed by atoms with E-state index in [1.807, 2.05) is 21.9 Å². The summed E-state index contributed by atoms with van der Waals surface area (Å²) in [4.78, 5) is 31.7. The van der Waals surface area contributed by atoms with Crippen molar-refractivity contribution in [2.75, 3.05) is 32.7 Å². The second-order valence-electron chi connectivity index (χ2n) is 8.24. The molecule has 27 heavy (non-hydrogen) atoms. The molecule has 2 fully saturated rings. The lowest BCUT2D eigenvalue weighted by Gasteiger charge is -2.40. The monoisotopic (exact) mass is 369 g/mol. The Hall–Kier alpha value is -1.88. The first kappa shape index (κ1) is 18.5. The van der Waals surface area contributed by atoms with Crippen LogP contribution in [0.2, 0.25) is 0 Å². The molecule has 0 bridgehead atoms. The number of amides is 2. The molecule has 5 heteroatoms. The number of nitrogens with zero attached hydrogens (tertiary/aromatic N) is 3. The first-order valence-electron chi connectivity index (χ1n) is 10.5. The maximum atomic E-state index is 13.0. The largest absolute Gasteiger partial charge is 0.340 e. The van der Waals surface area contributed by atoms with Crippen molar-refractivity contribution in [3.63, 3.8) is 0 Å². The van der Waals surface area contributed by atoms with E-state index in [0.717, 1.165) is 44.2 Å². The molecule has 1 saturated heterocycles. The van der Waals surface area contributed by atoms with Gasteiger partial charge in [-0.15, -0.1) is 0 Å². The lowest BCUT2D eigenvalue weighted by atomic mass is 9.90. The summed E-state index contributed by atoms with van der Waals surface area (Å²) in [6.07, 6.45) is 6.62. The Morgan fingerprint density at radius 2 is 1.70 bits per heavy atom. The van der Waals surface area contributed by atoms with Crippen LogP contribution >= 0.6 is 0 Å². The summed E-state index contributed by atoms with van der Waals surface area (Å²) < 4.78 is 0. The summed E-state index contributed by atoms with van der Waals surface area (Å²) in [6.45, 7) is 5.96. The number of rotatable bonds is 3. The van der Waals surface area contributed by atoms with Crippen LogP contribution in [0.3, 0.4) is 0 Å². The van der Waals surface area contributed by atoms with E-state index in [1.165, 1.54) is 31.2 Å². The molecule has 0 N–H and O–H groups in total. The first-order chi connectivity index (χ1) is 13.1.